The average molecular weight is 337 g/mol. The van der Waals surface area contributed by atoms with Crippen molar-refractivity contribution in [3.63, 3.8) is 0 Å². The van der Waals surface area contributed by atoms with E-state index in [2.05, 4.69) is 15.6 Å². The Bertz CT molecular complexity index is 689. The number of aromatic nitrogens is 4. The van der Waals surface area contributed by atoms with Crippen molar-refractivity contribution in [1.29, 1.82) is 0 Å². The van der Waals surface area contributed by atoms with Gasteiger partial charge in [0, 0.05) is 31.5 Å². The Labute approximate surface area is 137 Å². The number of rotatable bonds is 8. The second-order valence-corrected chi connectivity index (χ2v) is 5.00. The Hall–Kier alpha value is -3.04. The molecular weight excluding hydrogens is 318 g/mol. The lowest BCUT2D eigenvalue weighted by Crippen LogP contribution is -2.23. The third-order valence-electron chi connectivity index (χ3n) is 3.15. The van der Waals surface area contributed by atoms with Gasteiger partial charge in [-0.15, -0.1) is 9.83 Å². The van der Waals surface area contributed by atoms with Crippen molar-refractivity contribution in [2.45, 2.75) is 39.3 Å². The maximum absolute atomic E-state index is 11.7. The van der Waals surface area contributed by atoms with Crippen LogP contribution in [0.2, 0.25) is 0 Å². The van der Waals surface area contributed by atoms with Crippen LogP contribution in [0.3, 0.4) is 0 Å². The van der Waals surface area contributed by atoms with Crippen molar-refractivity contribution in [2.75, 3.05) is 0 Å². The van der Waals surface area contributed by atoms with Gasteiger partial charge in [-0.05, 0) is 13.3 Å². The third-order valence-corrected chi connectivity index (χ3v) is 3.15. The maximum Gasteiger partial charge on any atom is 0.333 e. The third kappa shape index (κ3) is 4.73. The van der Waals surface area contributed by atoms with Crippen LogP contribution >= 0.6 is 0 Å². The van der Waals surface area contributed by atoms with E-state index >= 15 is 0 Å². The molecule has 2 rings (SSSR count). The lowest BCUT2D eigenvalue weighted by Gasteiger charge is -2.06. The molecule has 10 nitrogen and oxygen atoms in total. The quantitative estimate of drug-likeness (QED) is 0.615. The minimum absolute atomic E-state index is 0.0313. The molecule has 10 heteroatoms. The summed E-state index contributed by atoms with van der Waals surface area (Å²) in [6, 6.07) is 2.37. The van der Waals surface area contributed by atoms with Gasteiger partial charge in [-0.3, -0.25) is 9.48 Å². The van der Waals surface area contributed by atoms with Gasteiger partial charge in [0.05, 0.1) is 12.7 Å². The van der Waals surface area contributed by atoms with Gasteiger partial charge in [0.2, 0.25) is 17.7 Å². The first-order valence-electron chi connectivity index (χ1n) is 7.46. The summed E-state index contributed by atoms with van der Waals surface area (Å²) < 4.78 is 2.27. The zero-order chi connectivity index (χ0) is 17.5. The second kappa shape index (κ2) is 7.99. The first-order chi connectivity index (χ1) is 11.5. The fourth-order valence-electron chi connectivity index (χ4n) is 1.89. The minimum atomic E-state index is -0.671. The van der Waals surface area contributed by atoms with Crippen molar-refractivity contribution < 1.29 is 24.6 Å². The van der Waals surface area contributed by atoms with Crippen LogP contribution in [0.5, 0.6) is 11.8 Å². The van der Waals surface area contributed by atoms with Gasteiger partial charge in [0.1, 0.15) is 5.69 Å². The number of aryl methyl sites for hydroxylation is 1. The summed E-state index contributed by atoms with van der Waals surface area (Å²) >= 11 is 0. The molecule has 0 saturated heterocycles. The number of carbonyl (C=O) groups is 2. The number of hydrogen-bond donors (Lipinski definition) is 3. The number of amides is 1. The maximum atomic E-state index is 11.7. The van der Waals surface area contributed by atoms with Crippen LogP contribution in [0.1, 0.15) is 31.9 Å². The highest BCUT2D eigenvalue weighted by molar-refractivity contribution is 5.77. The zero-order valence-corrected chi connectivity index (χ0v) is 13.2. The van der Waals surface area contributed by atoms with Crippen LogP contribution in [0.4, 0.5) is 0 Å². The smallest absolute Gasteiger partial charge is 0.333 e. The monoisotopic (exact) mass is 337 g/mol. The van der Waals surface area contributed by atoms with E-state index < -0.39 is 17.7 Å². The largest absolute Gasteiger partial charge is 0.492 e. The molecule has 24 heavy (non-hydrogen) atoms. The Morgan fingerprint density at radius 2 is 1.96 bits per heavy atom. The highest BCUT2D eigenvalue weighted by Crippen LogP contribution is 2.18. The van der Waals surface area contributed by atoms with Gasteiger partial charge in [-0.25, -0.2) is 4.79 Å². The summed E-state index contributed by atoms with van der Waals surface area (Å²) in [5.41, 5.74) is 0.656. The summed E-state index contributed by atoms with van der Waals surface area (Å²) in [6.07, 6.45) is 2.12. The molecular formula is C14H19N5O5. The molecule has 0 aliphatic rings. The minimum Gasteiger partial charge on any atom is -0.492 e. The van der Waals surface area contributed by atoms with E-state index in [1.165, 1.54) is 12.1 Å². The van der Waals surface area contributed by atoms with Crippen LogP contribution in [0.15, 0.2) is 18.3 Å². The van der Waals surface area contributed by atoms with Crippen LogP contribution in [0, 0.1) is 0 Å². The second-order valence-electron chi connectivity index (χ2n) is 5.00. The molecule has 0 aliphatic heterocycles. The van der Waals surface area contributed by atoms with Gasteiger partial charge in [-0.2, -0.15) is 0 Å². The highest BCUT2D eigenvalue weighted by Gasteiger charge is 2.13. The molecule has 3 N–H and O–H groups in total. The fraction of sp³-hybridized carbons (Fsp3) is 0.429. The summed E-state index contributed by atoms with van der Waals surface area (Å²) in [5, 5.41) is 29.1. The van der Waals surface area contributed by atoms with E-state index in [4.69, 9.17) is 4.84 Å². The topological polar surface area (TPSA) is 132 Å². The predicted octanol–water partition coefficient (Wildman–Crippen LogP) is -0.0474. The van der Waals surface area contributed by atoms with E-state index in [9.17, 15) is 19.8 Å². The van der Waals surface area contributed by atoms with Gasteiger partial charge < -0.3 is 20.4 Å². The van der Waals surface area contributed by atoms with Crippen LogP contribution < -0.4 is 10.2 Å². The number of nitrogens with zero attached hydrogens (tertiary/aromatic N) is 4. The van der Waals surface area contributed by atoms with Crippen LogP contribution in [0.25, 0.3) is 0 Å². The van der Waals surface area contributed by atoms with Gasteiger partial charge in [-0.1, -0.05) is 5.21 Å². The molecule has 0 bridgehead atoms. The van der Waals surface area contributed by atoms with E-state index in [0.29, 0.717) is 17.0 Å². The van der Waals surface area contributed by atoms with Gasteiger partial charge in [0.15, 0.2) is 0 Å². The SMILES string of the molecule is CCn1cc(CNC(=O)CCCC(=O)On2c(O)ccc2O)nn1. The molecule has 0 spiro atoms. The number of carbonyl (C=O) groups excluding carboxylic acids is 2. The number of nitrogens with one attached hydrogen (secondary N) is 1. The molecule has 0 aliphatic carbocycles. The summed E-state index contributed by atoms with van der Waals surface area (Å²) in [7, 11) is 0. The first-order valence-corrected chi connectivity index (χ1v) is 7.46. The Morgan fingerprint density at radius 1 is 1.25 bits per heavy atom. The fourth-order valence-corrected chi connectivity index (χ4v) is 1.89. The predicted molar refractivity (Wildman–Crippen MR) is 80.7 cm³/mol. The molecule has 2 heterocycles. The van der Waals surface area contributed by atoms with E-state index in [1.54, 1.807) is 10.9 Å². The lowest BCUT2D eigenvalue weighted by molar-refractivity contribution is -0.145. The van der Waals surface area contributed by atoms with E-state index in [0.717, 1.165) is 0 Å². The van der Waals surface area contributed by atoms with Crippen molar-refractivity contribution in [3.05, 3.63) is 24.0 Å². The first kappa shape index (κ1) is 17.3. The molecule has 0 fully saturated rings. The molecule has 0 aromatic carbocycles. The standard InChI is InChI=1S/C14H19N5O5/c1-2-18-9-10(16-17-18)8-15-11(20)4-3-5-14(23)24-19-12(21)6-7-13(19)22/h6-7,9,21-22H,2-5,8H2,1H3,(H,15,20). The molecule has 1 amide bonds. The Balaban J connectivity index is 1.66. The van der Waals surface area contributed by atoms with Crippen molar-refractivity contribution in [2.24, 2.45) is 0 Å². The van der Waals surface area contributed by atoms with Crippen LogP contribution in [-0.4, -0.2) is 41.8 Å². The number of aromatic hydroxyl groups is 2. The molecule has 0 unspecified atom stereocenters. The van der Waals surface area contributed by atoms with Crippen molar-refractivity contribution in [3.8, 4) is 11.8 Å². The lowest BCUT2D eigenvalue weighted by atomic mass is 10.2. The van der Waals surface area contributed by atoms with E-state index in [1.807, 2.05) is 6.92 Å². The molecule has 130 valence electrons. The molecule has 0 saturated carbocycles. The Morgan fingerprint density at radius 3 is 2.58 bits per heavy atom. The Kier molecular flexibility index (Phi) is 5.77. The zero-order valence-electron chi connectivity index (χ0n) is 13.2. The van der Waals surface area contributed by atoms with Gasteiger partial charge in [0.25, 0.3) is 0 Å². The molecule has 0 atom stereocenters. The molecule has 0 radical (unpaired) electrons. The van der Waals surface area contributed by atoms with Crippen molar-refractivity contribution >= 4 is 11.9 Å². The number of hydrogen-bond acceptors (Lipinski definition) is 7. The normalized spacial score (nSPS) is 10.5. The van der Waals surface area contributed by atoms with Crippen LogP contribution in [-0.2, 0) is 22.7 Å². The summed E-state index contributed by atoms with van der Waals surface area (Å²) in [6.45, 7) is 2.91. The van der Waals surface area contributed by atoms with Gasteiger partial charge >= 0.3 is 5.97 Å². The van der Waals surface area contributed by atoms with E-state index in [-0.39, 0.29) is 31.7 Å². The molecule has 2 aromatic rings. The average Bonchev–Trinajstić information content (AvgIpc) is 3.14. The van der Waals surface area contributed by atoms with Crippen molar-refractivity contribution in [1.82, 2.24) is 25.0 Å². The highest BCUT2D eigenvalue weighted by atomic mass is 16.7. The summed E-state index contributed by atoms with van der Waals surface area (Å²) in [4.78, 5) is 28.1. The molecule has 2 aromatic heterocycles. The summed E-state index contributed by atoms with van der Waals surface area (Å²) in [5.74, 6) is -1.67.